The van der Waals surface area contributed by atoms with Gasteiger partial charge in [-0.25, -0.2) is 0 Å². The number of rotatable bonds is 5. The van der Waals surface area contributed by atoms with Gasteiger partial charge in [0.2, 0.25) is 0 Å². The van der Waals surface area contributed by atoms with Gasteiger partial charge in [-0.2, -0.15) is 0 Å². The van der Waals surface area contributed by atoms with Crippen molar-refractivity contribution in [3.05, 3.63) is 16.4 Å². The summed E-state index contributed by atoms with van der Waals surface area (Å²) < 4.78 is 0. The van der Waals surface area contributed by atoms with Crippen molar-refractivity contribution in [3.63, 3.8) is 0 Å². The third-order valence-corrected chi connectivity index (χ3v) is 2.66. The average molecular weight is 263 g/mol. The van der Waals surface area contributed by atoms with E-state index in [-0.39, 0.29) is 0 Å². The molecule has 90 valence electrons. The van der Waals surface area contributed by atoms with E-state index >= 15 is 0 Å². The van der Waals surface area contributed by atoms with Crippen LogP contribution < -0.4 is 4.90 Å². The van der Waals surface area contributed by atoms with Crippen LogP contribution >= 0.6 is 23.2 Å². The molecule has 0 unspecified atom stereocenters. The SMILES string of the molecule is CN(C)CCCN(C)c1cc(Cl)nnc1Cl. The minimum atomic E-state index is 0.360. The largest absolute Gasteiger partial charge is 0.372 e. The lowest BCUT2D eigenvalue weighted by atomic mass is 10.3. The number of anilines is 1. The van der Waals surface area contributed by atoms with Crippen LogP contribution in [0, 0.1) is 0 Å². The van der Waals surface area contributed by atoms with Crippen LogP contribution in [0.3, 0.4) is 0 Å². The fraction of sp³-hybridized carbons (Fsp3) is 0.600. The summed E-state index contributed by atoms with van der Waals surface area (Å²) >= 11 is 11.7. The van der Waals surface area contributed by atoms with Crippen molar-refractivity contribution in [2.75, 3.05) is 39.1 Å². The highest BCUT2D eigenvalue weighted by molar-refractivity contribution is 6.33. The molecule has 0 radical (unpaired) electrons. The molecule has 0 saturated heterocycles. The van der Waals surface area contributed by atoms with Gasteiger partial charge in [0.05, 0.1) is 5.69 Å². The smallest absolute Gasteiger partial charge is 0.175 e. The molecule has 16 heavy (non-hydrogen) atoms. The second-order valence-electron chi connectivity index (χ2n) is 3.92. The van der Waals surface area contributed by atoms with Crippen molar-refractivity contribution in [1.82, 2.24) is 15.1 Å². The van der Waals surface area contributed by atoms with Gasteiger partial charge in [-0.3, -0.25) is 0 Å². The van der Waals surface area contributed by atoms with Crippen molar-refractivity contribution in [3.8, 4) is 0 Å². The molecular weight excluding hydrogens is 247 g/mol. The third-order valence-electron chi connectivity index (χ3n) is 2.21. The maximum atomic E-state index is 5.95. The van der Waals surface area contributed by atoms with Gasteiger partial charge in [-0.1, -0.05) is 23.2 Å². The molecule has 0 aliphatic rings. The summed E-state index contributed by atoms with van der Waals surface area (Å²) in [5.41, 5.74) is 0.820. The van der Waals surface area contributed by atoms with Crippen molar-refractivity contribution in [2.45, 2.75) is 6.42 Å². The lowest BCUT2D eigenvalue weighted by molar-refractivity contribution is 0.401. The Kier molecular flexibility index (Phi) is 5.25. The Bertz CT molecular complexity index is 344. The molecule has 1 aromatic heterocycles. The second-order valence-corrected chi connectivity index (χ2v) is 4.67. The van der Waals surface area contributed by atoms with Crippen molar-refractivity contribution in [1.29, 1.82) is 0 Å². The summed E-state index contributed by atoms with van der Waals surface area (Å²) in [6, 6.07) is 1.73. The first-order valence-corrected chi connectivity index (χ1v) is 5.81. The molecule has 0 aromatic carbocycles. The van der Waals surface area contributed by atoms with E-state index in [1.54, 1.807) is 6.07 Å². The summed E-state index contributed by atoms with van der Waals surface area (Å²) in [7, 11) is 6.07. The van der Waals surface area contributed by atoms with E-state index < -0.39 is 0 Å². The first-order valence-electron chi connectivity index (χ1n) is 5.05. The van der Waals surface area contributed by atoms with Gasteiger partial charge >= 0.3 is 0 Å². The van der Waals surface area contributed by atoms with Gasteiger partial charge in [-0.05, 0) is 27.1 Å². The van der Waals surface area contributed by atoms with Crippen LogP contribution in [-0.2, 0) is 0 Å². The first-order chi connectivity index (χ1) is 7.50. The first kappa shape index (κ1) is 13.5. The van der Waals surface area contributed by atoms with Crippen molar-refractivity contribution >= 4 is 28.9 Å². The summed E-state index contributed by atoms with van der Waals surface area (Å²) in [6.07, 6.45) is 1.06. The van der Waals surface area contributed by atoms with Crippen LogP contribution in [0.5, 0.6) is 0 Å². The van der Waals surface area contributed by atoms with Crippen molar-refractivity contribution < 1.29 is 0 Å². The van der Waals surface area contributed by atoms with Crippen LogP contribution in [0.25, 0.3) is 0 Å². The van der Waals surface area contributed by atoms with E-state index in [1.807, 2.05) is 11.9 Å². The maximum Gasteiger partial charge on any atom is 0.175 e. The van der Waals surface area contributed by atoms with Gasteiger partial charge in [0.15, 0.2) is 10.3 Å². The maximum absolute atomic E-state index is 5.95. The predicted octanol–water partition coefficient (Wildman–Crippen LogP) is 2.17. The highest BCUT2D eigenvalue weighted by Gasteiger charge is 2.08. The summed E-state index contributed by atoms with van der Waals surface area (Å²) in [6.45, 7) is 1.94. The lowest BCUT2D eigenvalue weighted by Crippen LogP contribution is -2.23. The third kappa shape index (κ3) is 4.12. The van der Waals surface area contributed by atoms with Gasteiger partial charge < -0.3 is 9.80 Å². The quantitative estimate of drug-likeness (QED) is 0.815. The number of halogens is 2. The number of hydrogen-bond donors (Lipinski definition) is 0. The van der Waals surface area contributed by atoms with Gasteiger partial charge in [0.25, 0.3) is 0 Å². The lowest BCUT2D eigenvalue weighted by Gasteiger charge is -2.20. The van der Waals surface area contributed by atoms with Crippen LogP contribution in [0.2, 0.25) is 10.3 Å². The zero-order chi connectivity index (χ0) is 12.1. The van der Waals surface area contributed by atoms with E-state index in [0.29, 0.717) is 10.3 Å². The van der Waals surface area contributed by atoms with Gasteiger partial charge in [-0.15, -0.1) is 10.2 Å². The molecule has 1 heterocycles. The summed E-state index contributed by atoms with van der Waals surface area (Å²) in [4.78, 5) is 4.18. The monoisotopic (exact) mass is 262 g/mol. The number of aromatic nitrogens is 2. The van der Waals surface area contributed by atoms with E-state index in [9.17, 15) is 0 Å². The molecule has 1 aromatic rings. The second kappa shape index (κ2) is 6.23. The van der Waals surface area contributed by atoms with E-state index in [2.05, 4.69) is 29.2 Å². The highest BCUT2D eigenvalue weighted by Crippen LogP contribution is 2.24. The van der Waals surface area contributed by atoms with Crippen LogP contribution in [0.15, 0.2) is 6.07 Å². The topological polar surface area (TPSA) is 32.3 Å². The Labute approximate surface area is 106 Å². The molecule has 0 bridgehead atoms. The molecule has 0 fully saturated rings. The van der Waals surface area contributed by atoms with Crippen LogP contribution in [0.4, 0.5) is 5.69 Å². The number of nitrogens with zero attached hydrogens (tertiary/aromatic N) is 4. The zero-order valence-corrected chi connectivity index (χ0v) is 11.3. The molecule has 6 heteroatoms. The summed E-state index contributed by atoms with van der Waals surface area (Å²) in [5.74, 6) is 0. The Morgan fingerprint density at radius 1 is 1.12 bits per heavy atom. The molecule has 0 N–H and O–H groups in total. The number of hydrogen-bond acceptors (Lipinski definition) is 4. The Hall–Kier alpha value is -0.580. The van der Waals surface area contributed by atoms with Gasteiger partial charge in [0, 0.05) is 19.7 Å². The highest BCUT2D eigenvalue weighted by atomic mass is 35.5. The minimum Gasteiger partial charge on any atom is -0.372 e. The van der Waals surface area contributed by atoms with Gasteiger partial charge in [0.1, 0.15) is 0 Å². The fourth-order valence-electron chi connectivity index (χ4n) is 1.36. The van der Waals surface area contributed by atoms with Crippen LogP contribution in [-0.4, -0.2) is 49.3 Å². The molecular formula is C10H16Cl2N4. The Morgan fingerprint density at radius 3 is 2.44 bits per heavy atom. The van der Waals surface area contributed by atoms with Crippen LogP contribution in [0.1, 0.15) is 6.42 Å². The van der Waals surface area contributed by atoms with Crippen molar-refractivity contribution in [2.24, 2.45) is 0 Å². The molecule has 0 spiro atoms. The molecule has 0 aliphatic carbocycles. The molecule has 1 rings (SSSR count). The van der Waals surface area contributed by atoms with E-state index in [1.165, 1.54) is 0 Å². The van der Waals surface area contributed by atoms with E-state index in [4.69, 9.17) is 23.2 Å². The fourth-order valence-corrected chi connectivity index (χ4v) is 1.73. The zero-order valence-electron chi connectivity index (χ0n) is 9.74. The molecule has 0 atom stereocenters. The summed E-state index contributed by atoms with van der Waals surface area (Å²) in [5, 5.41) is 8.20. The molecule has 0 amide bonds. The standard InChI is InChI=1S/C10H16Cl2N4/c1-15(2)5-4-6-16(3)8-7-9(11)13-14-10(8)12/h7H,4-6H2,1-3H3. The Morgan fingerprint density at radius 2 is 1.81 bits per heavy atom. The molecule has 0 saturated carbocycles. The van der Waals surface area contributed by atoms with E-state index in [0.717, 1.165) is 25.2 Å². The molecule has 0 aliphatic heterocycles. The minimum absolute atomic E-state index is 0.360. The molecule has 4 nitrogen and oxygen atoms in total. The Balaban J connectivity index is 2.58. The average Bonchev–Trinajstić information content (AvgIpc) is 2.21. The normalized spacial score (nSPS) is 10.9. The predicted molar refractivity (Wildman–Crippen MR) is 68.5 cm³/mol.